The van der Waals surface area contributed by atoms with Crippen LogP contribution in [0, 0.1) is 0 Å². The smallest absolute Gasteiger partial charge is 0.236 e. The number of imidazole rings is 1. The van der Waals surface area contributed by atoms with Gasteiger partial charge in [-0.1, -0.05) is 0 Å². The molecule has 0 aliphatic heterocycles. The lowest BCUT2D eigenvalue weighted by molar-refractivity contribution is 0.125. The third-order valence-electron chi connectivity index (χ3n) is 3.88. The minimum Gasteiger partial charge on any atom is -0.497 e. The van der Waals surface area contributed by atoms with Crippen LogP contribution in [0.5, 0.6) is 5.75 Å². The first-order valence-electron chi connectivity index (χ1n) is 8.06. The van der Waals surface area contributed by atoms with E-state index in [0.717, 1.165) is 22.8 Å². The van der Waals surface area contributed by atoms with Crippen LogP contribution in [0.2, 0.25) is 0 Å². The highest BCUT2D eigenvalue weighted by Crippen LogP contribution is 2.22. The number of hydrogen-bond acceptors (Lipinski definition) is 5. The summed E-state index contributed by atoms with van der Waals surface area (Å²) >= 11 is 0. The van der Waals surface area contributed by atoms with E-state index in [1.807, 2.05) is 59.1 Å². The van der Waals surface area contributed by atoms with Gasteiger partial charge < -0.3 is 14.4 Å². The highest BCUT2D eigenvalue weighted by molar-refractivity contribution is 5.62. The molecule has 1 aromatic carbocycles. The lowest BCUT2D eigenvalue weighted by Gasteiger charge is -2.17. The van der Waals surface area contributed by atoms with Crippen molar-refractivity contribution in [2.45, 2.75) is 0 Å². The summed E-state index contributed by atoms with van der Waals surface area (Å²) in [7, 11) is 3.56. The van der Waals surface area contributed by atoms with Crippen molar-refractivity contribution < 1.29 is 13.9 Å². The van der Waals surface area contributed by atoms with Crippen LogP contribution in [0.25, 0.3) is 17.0 Å². The Morgan fingerprint density at radius 1 is 1.12 bits per heavy atom. The molecule has 6 nitrogen and oxygen atoms in total. The van der Waals surface area contributed by atoms with Gasteiger partial charge in [-0.15, -0.1) is 0 Å². The summed E-state index contributed by atoms with van der Waals surface area (Å²) in [6.45, 7) is 0.760. The number of alkyl halides is 1. The number of ether oxygens (including phenoxy) is 2. The quantitative estimate of drug-likeness (QED) is 0.588. The minimum atomic E-state index is -0.462. The molecule has 0 spiro atoms. The zero-order chi connectivity index (χ0) is 17.6. The van der Waals surface area contributed by atoms with Crippen LogP contribution in [0.1, 0.15) is 0 Å². The molecule has 0 amide bonds. The number of aromatic nitrogens is 3. The summed E-state index contributed by atoms with van der Waals surface area (Å²) in [6, 6.07) is 9.67. The Balaban J connectivity index is 1.76. The average molecular weight is 344 g/mol. The van der Waals surface area contributed by atoms with Gasteiger partial charge in [-0.2, -0.15) is 4.98 Å². The fourth-order valence-corrected chi connectivity index (χ4v) is 2.45. The Morgan fingerprint density at radius 3 is 2.64 bits per heavy atom. The first kappa shape index (κ1) is 17.2. The number of nitrogens with zero attached hydrogens (tertiary/aromatic N) is 4. The van der Waals surface area contributed by atoms with E-state index in [4.69, 9.17) is 9.47 Å². The Labute approximate surface area is 145 Å². The average Bonchev–Trinajstić information content (AvgIpc) is 3.08. The number of likely N-dealkylation sites (N-methyl/N-ethyl adjacent to an activating group) is 1. The van der Waals surface area contributed by atoms with E-state index in [-0.39, 0.29) is 6.61 Å². The third kappa shape index (κ3) is 4.06. The Morgan fingerprint density at radius 2 is 1.92 bits per heavy atom. The van der Waals surface area contributed by atoms with E-state index in [2.05, 4.69) is 9.97 Å². The minimum absolute atomic E-state index is 0.131. The predicted molar refractivity (Wildman–Crippen MR) is 95.0 cm³/mol. The fraction of sp³-hybridized carbons (Fsp3) is 0.333. The van der Waals surface area contributed by atoms with E-state index in [1.165, 1.54) is 0 Å². The van der Waals surface area contributed by atoms with Crippen molar-refractivity contribution in [2.75, 3.05) is 45.5 Å². The summed E-state index contributed by atoms with van der Waals surface area (Å²) in [6.07, 6.45) is 3.87. The molecular weight excluding hydrogens is 323 g/mol. The predicted octanol–water partition coefficient (Wildman–Crippen LogP) is 2.83. The molecule has 0 saturated heterocycles. The van der Waals surface area contributed by atoms with Gasteiger partial charge in [0.1, 0.15) is 18.2 Å². The monoisotopic (exact) mass is 344 g/mol. The summed E-state index contributed by atoms with van der Waals surface area (Å²) < 4.78 is 24.3. The zero-order valence-corrected chi connectivity index (χ0v) is 14.4. The molecule has 0 bridgehead atoms. The van der Waals surface area contributed by atoms with Gasteiger partial charge in [-0.25, -0.2) is 9.37 Å². The van der Waals surface area contributed by atoms with Gasteiger partial charge in [0.25, 0.3) is 0 Å². The SMILES string of the molecule is COc1ccc(-c2cn3ccc(N(C)CCOCCF)nc3n2)cc1. The van der Waals surface area contributed by atoms with Crippen LogP contribution in [-0.2, 0) is 4.74 Å². The maximum absolute atomic E-state index is 12.0. The summed E-state index contributed by atoms with van der Waals surface area (Å²) in [5.74, 6) is 2.23. The van der Waals surface area contributed by atoms with Crippen LogP contribution in [0.4, 0.5) is 10.2 Å². The topological polar surface area (TPSA) is 51.9 Å². The van der Waals surface area contributed by atoms with Crippen LogP contribution >= 0.6 is 0 Å². The first-order valence-corrected chi connectivity index (χ1v) is 8.06. The van der Waals surface area contributed by atoms with Gasteiger partial charge in [0, 0.05) is 31.5 Å². The Hall–Kier alpha value is -2.67. The number of hydrogen-bond donors (Lipinski definition) is 0. The molecule has 7 heteroatoms. The molecule has 0 unspecified atom stereocenters. The molecule has 0 saturated carbocycles. The highest BCUT2D eigenvalue weighted by Gasteiger charge is 2.09. The molecule has 0 aliphatic carbocycles. The molecule has 25 heavy (non-hydrogen) atoms. The van der Waals surface area contributed by atoms with E-state index in [1.54, 1.807) is 7.11 Å². The molecule has 0 N–H and O–H groups in total. The largest absolute Gasteiger partial charge is 0.497 e. The van der Waals surface area contributed by atoms with E-state index < -0.39 is 6.67 Å². The molecule has 0 aliphatic rings. The first-order chi connectivity index (χ1) is 12.2. The van der Waals surface area contributed by atoms with Crippen molar-refractivity contribution in [3.63, 3.8) is 0 Å². The number of halogens is 1. The summed E-state index contributed by atoms with van der Waals surface area (Å²) in [5.41, 5.74) is 1.85. The van der Waals surface area contributed by atoms with Gasteiger partial charge in [0.05, 0.1) is 26.0 Å². The molecule has 3 aromatic rings. The standard InChI is InChI=1S/C18H21FN4O2/c1-22(10-12-25-11-8-19)17-7-9-23-13-16(20-18(23)21-17)14-3-5-15(24-2)6-4-14/h3-7,9,13H,8,10-12H2,1-2H3. The van der Waals surface area contributed by atoms with Crippen molar-refractivity contribution in [3.05, 3.63) is 42.7 Å². The van der Waals surface area contributed by atoms with Gasteiger partial charge >= 0.3 is 0 Å². The fourth-order valence-electron chi connectivity index (χ4n) is 2.45. The number of rotatable bonds is 8. The molecule has 132 valence electrons. The van der Waals surface area contributed by atoms with Gasteiger partial charge in [-0.05, 0) is 30.3 Å². The van der Waals surface area contributed by atoms with E-state index in [9.17, 15) is 4.39 Å². The maximum atomic E-state index is 12.0. The summed E-state index contributed by atoms with van der Waals surface area (Å²) in [4.78, 5) is 11.1. The van der Waals surface area contributed by atoms with Crippen LogP contribution in [0.3, 0.4) is 0 Å². The van der Waals surface area contributed by atoms with Crippen molar-refractivity contribution in [2.24, 2.45) is 0 Å². The second-order valence-corrected chi connectivity index (χ2v) is 5.57. The van der Waals surface area contributed by atoms with Crippen LogP contribution in [-0.4, -0.2) is 55.0 Å². The molecule has 3 rings (SSSR count). The van der Waals surface area contributed by atoms with Crippen LogP contribution in [0.15, 0.2) is 42.7 Å². The number of fused-ring (bicyclic) bond motifs is 1. The lowest BCUT2D eigenvalue weighted by Crippen LogP contribution is -2.24. The third-order valence-corrected chi connectivity index (χ3v) is 3.88. The normalized spacial score (nSPS) is 11.0. The molecule has 2 aromatic heterocycles. The van der Waals surface area contributed by atoms with Crippen molar-refractivity contribution in [1.82, 2.24) is 14.4 Å². The van der Waals surface area contributed by atoms with Gasteiger partial charge in [0.15, 0.2) is 0 Å². The Kier molecular flexibility index (Phi) is 5.45. The van der Waals surface area contributed by atoms with Crippen molar-refractivity contribution in [3.8, 4) is 17.0 Å². The van der Waals surface area contributed by atoms with Gasteiger partial charge in [0.2, 0.25) is 5.78 Å². The van der Waals surface area contributed by atoms with Crippen LogP contribution < -0.4 is 9.64 Å². The molecule has 0 atom stereocenters. The second kappa shape index (κ2) is 7.94. The van der Waals surface area contributed by atoms with Crippen molar-refractivity contribution in [1.29, 1.82) is 0 Å². The number of benzene rings is 1. The molecule has 0 fully saturated rings. The Bertz CT molecular complexity index is 820. The lowest BCUT2D eigenvalue weighted by atomic mass is 10.2. The molecule has 2 heterocycles. The van der Waals surface area contributed by atoms with Crippen molar-refractivity contribution >= 4 is 11.6 Å². The number of methoxy groups -OCH3 is 1. The van der Waals surface area contributed by atoms with Gasteiger partial charge in [-0.3, -0.25) is 4.40 Å². The van der Waals surface area contributed by atoms with E-state index >= 15 is 0 Å². The zero-order valence-electron chi connectivity index (χ0n) is 14.4. The number of anilines is 1. The highest BCUT2D eigenvalue weighted by atomic mass is 19.1. The molecular formula is C18H21FN4O2. The molecule has 0 radical (unpaired) electrons. The maximum Gasteiger partial charge on any atom is 0.236 e. The second-order valence-electron chi connectivity index (χ2n) is 5.57. The van der Waals surface area contributed by atoms with E-state index in [0.29, 0.717) is 18.9 Å². The summed E-state index contributed by atoms with van der Waals surface area (Å²) in [5, 5.41) is 0.